The second-order valence-electron chi connectivity index (χ2n) is 4.86. The first-order valence-corrected chi connectivity index (χ1v) is 8.19. The average Bonchev–Trinajstić information content (AvgIpc) is 2.94. The van der Waals surface area contributed by atoms with Crippen molar-refractivity contribution >= 4 is 15.7 Å². The molecule has 8 heteroatoms. The van der Waals surface area contributed by atoms with Gasteiger partial charge < -0.3 is 5.32 Å². The van der Waals surface area contributed by atoms with Crippen LogP contribution in [0, 0.1) is 5.92 Å². The van der Waals surface area contributed by atoms with Gasteiger partial charge in [-0.05, 0) is 18.8 Å². The van der Waals surface area contributed by atoms with Gasteiger partial charge in [0.2, 0.25) is 5.91 Å². The van der Waals surface area contributed by atoms with Crippen LogP contribution in [0.3, 0.4) is 0 Å². The summed E-state index contributed by atoms with van der Waals surface area (Å²) in [6, 6.07) is 0. The van der Waals surface area contributed by atoms with Crippen LogP contribution in [0.25, 0.3) is 0 Å². The maximum Gasteiger partial charge on any atom is 0.220 e. The molecule has 19 heavy (non-hydrogen) atoms. The molecule has 0 saturated carbocycles. The molecule has 0 spiro atoms. The molecule has 0 aliphatic carbocycles. The number of nitrogens with one attached hydrogen (secondary N) is 2. The van der Waals surface area contributed by atoms with Gasteiger partial charge in [-0.3, -0.25) is 9.89 Å². The number of H-pyrrole nitrogens is 1. The molecule has 0 aromatic carbocycles. The van der Waals surface area contributed by atoms with Crippen molar-refractivity contribution in [3.8, 4) is 0 Å². The Bertz CT molecular complexity index is 512. The molecule has 0 bridgehead atoms. The van der Waals surface area contributed by atoms with E-state index in [0.29, 0.717) is 19.4 Å². The summed E-state index contributed by atoms with van der Waals surface area (Å²) >= 11 is 0. The van der Waals surface area contributed by atoms with Gasteiger partial charge in [0.05, 0.1) is 11.5 Å². The van der Waals surface area contributed by atoms with E-state index < -0.39 is 9.84 Å². The molecule has 2 heterocycles. The minimum Gasteiger partial charge on any atom is -0.356 e. The van der Waals surface area contributed by atoms with E-state index in [2.05, 4.69) is 20.5 Å². The molecule has 0 radical (unpaired) electrons. The minimum absolute atomic E-state index is 0.0146. The van der Waals surface area contributed by atoms with Crippen molar-refractivity contribution in [3.05, 3.63) is 12.2 Å². The van der Waals surface area contributed by atoms with Gasteiger partial charge in [0.15, 0.2) is 9.84 Å². The summed E-state index contributed by atoms with van der Waals surface area (Å²) in [4.78, 5) is 15.6. The zero-order chi connectivity index (χ0) is 13.7. The largest absolute Gasteiger partial charge is 0.356 e. The number of hydrogen-bond acceptors (Lipinski definition) is 5. The van der Waals surface area contributed by atoms with Gasteiger partial charge in [0.1, 0.15) is 12.2 Å². The zero-order valence-corrected chi connectivity index (χ0v) is 11.4. The SMILES string of the molecule is O=C(CC1CCS(=O)(=O)C1)NCCCc1ncn[nH]1. The summed E-state index contributed by atoms with van der Waals surface area (Å²) in [5.41, 5.74) is 0. The van der Waals surface area contributed by atoms with Crippen molar-refractivity contribution in [2.45, 2.75) is 25.7 Å². The van der Waals surface area contributed by atoms with Crippen LogP contribution in [-0.2, 0) is 21.1 Å². The van der Waals surface area contributed by atoms with Gasteiger partial charge in [-0.2, -0.15) is 5.10 Å². The number of rotatable bonds is 6. The van der Waals surface area contributed by atoms with Crippen molar-refractivity contribution in [2.24, 2.45) is 5.92 Å². The first-order valence-electron chi connectivity index (χ1n) is 6.36. The van der Waals surface area contributed by atoms with E-state index in [-0.39, 0.29) is 23.3 Å². The molecule has 1 aromatic rings. The van der Waals surface area contributed by atoms with Crippen LogP contribution in [0.15, 0.2) is 6.33 Å². The molecule has 1 saturated heterocycles. The van der Waals surface area contributed by atoms with Crippen LogP contribution in [0.1, 0.15) is 25.1 Å². The molecule has 1 aliphatic rings. The maximum atomic E-state index is 11.6. The van der Waals surface area contributed by atoms with Gasteiger partial charge in [0, 0.05) is 19.4 Å². The van der Waals surface area contributed by atoms with Gasteiger partial charge in [-0.1, -0.05) is 0 Å². The zero-order valence-electron chi connectivity index (χ0n) is 10.6. The van der Waals surface area contributed by atoms with Crippen LogP contribution >= 0.6 is 0 Å². The molecule has 1 unspecified atom stereocenters. The molecule has 7 nitrogen and oxygen atoms in total. The molecule has 1 atom stereocenters. The monoisotopic (exact) mass is 286 g/mol. The number of nitrogens with zero attached hydrogens (tertiary/aromatic N) is 2. The second-order valence-corrected chi connectivity index (χ2v) is 7.09. The summed E-state index contributed by atoms with van der Waals surface area (Å²) in [6.07, 6.45) is 3.88. The van der Waals surface area contributed by atoms with Gasteiger partial charge in [-0.15, -0.1) is 0 Å². The van der Waals surface area contributed by atoms with E-state index in [1.807, 2.05) is 0 Å². The Morgan fingerprint density at radius 1 is 1.53 bits per heavy atom. The molecule has 106 valence electrons. The van der Waals surface area contributed by atoms with Gasteiger partial charge >= 0.3 is 0 Å². The summed E-state index contributed by atoms with van der Waals surface area (Å²) in [5, 5.41) is 9.29. The Kier molecular flexibility index (Phi) is 4.52. The van der Waals surface area contributed by atoms with Crippen molar-refractivity contribution < 1.29 is 13.2 Å². The molecular formula is C11H18N4O3S. The van der Waals surface area contributed by atoms with Crippen molar-refractivity contribution in [1.29, 1.82) is 0 Å². The average molecular weight is 286 g/mol. The van der Waals surface area contributed by atoms with Crippen LogP contribution in [0.5, 0.6) is 0 Å². The molecule has 1 aromatic heterocycles. The number of aryl methyl sites for hydroxylation is 1. The number of aromatic nitrogens is 3. The molecule has 1 aliphatic heterocycles. The van der Waals surface area contributed by atoms with E-state index in [1.165, 1.54) is 6.33 Å². The summed E-state index contributed by atoms with van der Waals surface area (Å²) in [7, 11) is -2.90. The predicted molar refractivity (Wildman–Crippen MR) is 69.1 cm³/mol. The van der Waals surface area contributed by atoms with E-state index in [4.69, 9.17) is 0 Å². The lowest BCUT2D eigenvalue weighted by Gasteiger charge is -2.08. The number of carbonyl (C=O) groups excluding carboxylic acids is 1. The summed E-state index contributed by atoms with van der Waals surface area (Å²) in [5.74, 6) is 1.09. The molecule has 2 N–H and O–H groups in total. The third kappa shape index (κ3) is 4.62. The third-order valence-corrected chi connectivity index (χ3v) is 5.02. The first-order chi connectivity index (χ1) is 9.05. The highest BCUT2D eigenvalue weighted by molar-refractivity contribution is 7.91. The third-order valence-electron chi connectivity index (χ3n) is 3.18. The Morgan fingerprint density at radius 2 is 2.37 bits per heavy atom. The topological polar surface area (TPSA) is 105 Å². The van der Waals surface area contributed by atoms with Crippen molar-refractivity contribution in [2.75, 3.05) is 18.1 Å². The number of carbonyl (C=O) groups is 1. The highest BCUT2D eigenvalue weighted by Gasteiger charge is 2.29. The Hall–Kier alpha value is -1.44. The van der Waals surface area contributed by atoms with Crippen molar-refractivity contribution in [1.82, 2.24) is 20.5 Å². The van der Waals surface area contributed by atoms with E-state index in [1.54, 1.807) is 0 Å². The standard InChI is InChI=1S/C11H18N4O3S/c16-11(6-9-3-5-19(17,18)7-9)12-4-1-2-10-13-8-14-15-10/h8-9H,1-7H2,(H,12,16)(H,13,14,15). The van der Waals surface area contributed by atoms with Crippen LogP contribution in [-0.4, -0.2) is 47.6 Å². The molecule has 1 fully saturated rings. The van der Waals surface area contributed by atoms with Crippen LogP contribution < -0.4 is 5.32 Å². The minimum atomic E-state index is -2.90. The highest BCUT2D eigenvalue weighted by Crippen LogP contribution is 2.21. The molecule has 2 rings (SSSR count). The number of amides is 1. The summed E-state index contributed by atoms with van der Waals surface area (Å²) < 4.78 is 22.5. The van der Waals surface area contributed by atoms with Crippen molar-refractivity contribution in [3.63, 3.8) is 0 Å². The quantitative estimate of drug-likeness (QED) is 0.697. The molecular weight excluding hydrogens is 268 g/mol. The lowest BCUT2D eigenvalue weighted by atomic mass is 10.1. The number of aromatic amines is 1. The van der Waals surface area contributed by atoms with Crippen LogP contribution in [0.2, 0.25) is 0 Å². The first kappa shape index (κ1) is 14.0. The normalized spacial score (nSPS) is 21.4. The number of sulfone groups is 1. The number of hydrogen-bond donors (Lipinski definition) is 2. The summed E-state index contributed by atoms with van der Waals surface area (Å²) in [6.45, 7) is 0.568. The fourth-order valence-corrected chi connectivity index (χ4v) is 4.06. The van der Waals surface area contributed by atoms with Crippen LogP contribution in [0.4, 0.5) is 0 Å². The predicted octanol–water partition coefficient (Wildman–Crippen LogP) is -0.322. The Balaban J connectivity index is 1.60. The van der Waals surface area contributed by atoms with E-state index in [0.717, 1.165) is 18.7 Å². The van der Waals surface area contributed by atoms with Gasteiger partial charge in [-0.25, -0.2) is 13.4 Å². The Morgan fingerprint density at radius 3 is 3.00 bits per heavy atom. The van der Waals surface area contributed by atoms with Gasteiger partial charge in [0.25, 0.3) is 0 Å². The fraction of sp³-hybridized carbons (Fsp3) is 0.727. The lowest BCUT2D eigenvalue weighted by Crippen LogP contribution is -2.27. The lowest BCUT2D eigenvalue weighted by molar-refractivity contribution is -0.121. The highest BCUT2D eigenvalue weighted by atomic mass is 32.2. The van der Waals surface area contributed by atoms with E-state index >= 15 is 0 Å². The fourth-order valence-electron chi connectivity index (χ4n) is 2.20. The maximum absolute atomic E-state index is 11.6. The molecule has 1 amide bonds. The second kappa shape index (κ2) is 6.14. The van der Waals surface area contributed by atoms with E-state index in [9.17, 15) is 13.2 Å². The smallest absolute Gasteiger partial charge is 0.220 e. The Labute approximate surface area is 112 Å².